The fourth-order valence-corrected chi connectivity index (χ4v) is 5.06. The van der Waals surface area contributed by atoms with Gasteiger partial charge in [0.15, 0.2) is 0 Å². The zero-order chi connectivity index (χ0) is 23.2. The monoisotopic (exact) mass is 454 g/mol. The number of piperazine rings is 1. The second kappa shape index (κ2) is 8.29. The van der Waals surface area contributed by atoms with Gasteiger partial charge in [-0.25, -0.2) is 0 Å². The highest BCUT2D eigenvalue weighted by Gasteiger charge is 2.43. The number of hydrogen-bond acceptors (Lipinski definition) is 4. The lowest BCUT2D eigenvalue weighted by atomic mass is 9.82. The van der Waals surface area contributed by atoms with Crippen LogP contribution in [0, 0.1) is 23.2 Å². The first kappa shape index (κ1) is 21.6. The zero-order valence-electron chi connectivity index (χ0n) is 18.1. The van der Waals surface area contributed by atoms with Crippen LogP contribution in [0.25, 0.3) is 0 Å². The summed E-state index contributed by atoms with van der Waals surface area (Å²) in [6.45, 7) is 2.33. The summed E-state index contributed by atoms with van der Waals surface area (Å²) in [5.41, 5.74) is 2.06. The quantitative estimate of drug-likeness (QED) is 0.760. The molecule has 5 rings (SSSR count). The van der Waals surface area contributed by atoms with Crippen molar-refractivity contribution >= 4 is 17.3 Å². The minimum atomic E-state index is -4.42. The minimum Gasteiger partial charge on any atom is -0.367 e. The summed E-state index contributed by atoms with van der Waals surface area (Å²) in [6, 6.07) is 13.3. The van der Waals surface area contributed by atoms with Gasteiger partial charge in [-0.2, -0.15) is 18.4 Å². The molecule has 1 saturated carbocycles. The number of carbonyl (C=O) groups is 1. The number of nitrogens with zero attached hydrogens (tertiary/aromatic N) is 3. The first-order valence-corrected chi connectivity index (χ1v) is 11.3. The van der Waals surface area contributed by atoms with Crippen molar-refractivity contribution in [2.24, 2.45) is 11.8 Å². The van der Waals surface area contributed by atoms with Gasteiger partial charge >= 0.3 is 6.18 Å². The van der Waals surface area contributed by atoms with E-state index in [1.807, 2.05) is 18.2 Å². The lowest BCUT2D eigenvalue weighted by molar-refractivity contribution is -0.137. The third-order valence-electron chi connectivity index (χ3n) is 7.00. The number of hydrogen-bond donors (Lipinski definition) is 1. The summed E-state index contributed by atoms with van der Waals surface area (Å²) in [4.78, 5) is 17.4. The zero-order valence-corrected chi connectivity index (χ0v) is 18.1. The molecule has 2 aliphatic heterocycles. The Morgan fingerprint density at radius 2 is 1.91 bits per heavy atom. The molecule has 1 saturated heterocycles. The summed E-state index contributed by atoms with van der Waals surface area (Å²) in [7, 11) is 0. The maximum Gasteiger partial charge on any atom is 0.416 e. The van der Waals surface area contributed by atoms with E-state index >= 15 is 0 Å². The number of nitriles is 1. The number of para-hydroxylation sites is 1. The van der Waals surface area contributed by atoms with E-state index in [9.17, 15) is 23.2 Å². The van der Waals surface area contributed by atoms with Gasteiger partial charge in [0.25, 0.3) is 0 Å². The van der Waals surface area contributed by atoms with Crippen LogP contribution in [0.4, 0.5) is 24.5 Å². The summed E-state index contributed by atoms with van der Waals surface area (Å²) in [5, 5.41) is 12.6. The van der Waals surface area contributed by atoms with Crippen LogP contribution in [0.3, 0.4) is 0 Å². The van der Waals surface area contributed by atoms with Gasteiger partial charge in [-0.1, -0.05) is 12.1 Å². The average molecular weight is 454 g/mol. The number of rotatable bonds is 4. The molecule has 8 heteroatoms. The molecule has 33 heavy (non-hydrogen) atoms. The lowest BCUT2D eigenvalue weighted by Crippen LogP contribution is -2.61. The Hall–Kier alpha value is -3.21. The van der Waals surface area contributed by atoms with Crippen LogP contribution in [0.5, 0.6) is 0 Å². The number of nitrogens with one attached hydrogen (secondary N) is 1. The Morgan fingerprint density at radius 3 is 2.64 bits per heavy atom. The highest BCUT2D eigenvalue weighted by molar-refractivity contribution is 5.82. The summed E-state index contributed by atoms with van der Waals surface area (Å²) < 4.78 is 40.0. The van der Waals surface area contributed by atoms with Crippen molar-refractivity contribution in [1.29, 1.82) is 5.26 Å². The second-order valence-corrected chi connectivity index (χ2v) is 9.18. The molecule has 0 spiro atoms. The molecule has 2 atom stereocenters. The van der Waals surface area contributed by atoms with Crippen LogP contribution >= 0.6 is 0 Å². The molecule has 172 valence electrons. The topological polar surface area (TPSA) is 59.4 Å². The normalized spacial score (nSPS) is 22.2. The molecule has 3 aliphatic rings. The van der Waals surface area contributed by atoms with E-state index in [-0.39, 0.29) is 18.4 Å². The van der Waals surface area contributed by atoms with Crippen LogP contribution in [-0.2, 0) is 17.4 Å². The van der Waals surface area contributed by atoms with E-state index in [1.54, 1.807) is 12.1 Å². The van der Waals surface area contributed by atoms with Crippen LogP contribution in [0.15, 0.2) is 42.5 Å². The summed E-state index contributed by atoms with van der Waals surface area (Å²) in [6.07, 6.45) is -1.94. The molecule has 2 aromatic rings. The van der Waals surface area contributed by atoms with Crippen LogP contribution < -0.4 is 15.1 Å². The lowest BCUT2D eigenvalue weighted by Gasteiger charge is -2.50. The van der Waals surface area contributed by atoms with Gasteiger partial charge in [0, 0.05) is 31.9 Å². The first-order valence-electron chi connectivity index (χ1n) is 11.3. The van der Waals surface area contributed by atoms with Crippen molar-refractivity contribution in [3.8, 4) is 6.07 Å². The van der Waals surface area contributed by atoms with Crippen molar-refractivity contribution in [2.45, 2.75) is 31.5 Å². The Kier molecular flexibility index (Phi) is 5.43. The van der Waals surface area contributed by atoms with E-state index in [0.29, 0.717) is 43.2 Å². The molecule has 1 aliphatic carbocycles. The van der Waals surface area contributed by atoms with E-state index in [4.69, 9.17) is 0 Å². The van der Waals surface area contributed by atoms with Crippen LogP contribution in [0.1, 0.15) is 29.5 Å². The molecule has 1 amide bonds. The minimum absolute atomic E-state index is 0.101. The predicted molar refractivity (Wildman–Crippen MR) is 119 cm³/mol. The number of carbonyl (C=O) groups excluding carboxylic acids is 1. The van der Waals surface area contributed by atoms with Gasteiger partial charge in [-0.15, -0.1) is 0 Å². The first-order chi connectivity index (χ1) is 15.8. The molecule has 0 unspecified atom stereocenters. The van der Waals surface area contributed by atoms with Crippen molar-refractivity contribution in [3.05, 3.63) is 59.2 Å². The van der Waals surface area contributed by atoms with Crippen molar-refractivity contribution < 1.29 is 18.0 Å². The molecule has 0 radical (unpaired) electrons. The molecule has 2 fully saturated rings. The number of halogens is 3. The fourth-order valence-electron chi connectivity index (χ4n) is 5.06. The van der Waals surface area contributed by atoms with Gasteiger partial charge in [0.2, 0.25) is 5.91 Å². The SMILES string of the molecule is N#Cc1ccccc1N1CCN2c3ccc(C(F)(F)F)cc3C[C@@H](C(=O)NCC3CC3)[C@@H]2C1. The molecule has 2 heterocycles. The molecule has 2 aromatic carbocycles. The standard InChI is InChI=1S/C25H25F3N4O/c26-25(27,28)19-7-8-22-18(11-19)12-20(24(33)30-14-16-5-6-16)23-15-31(9-10-32(22)23)21-4-2-1-3-17(21)13-29/h1-4,7-8,11,16,20,23H,5-6,9-10,12,14-15H2,(H,30,33)/t20-,23+/m1/s1. The van der Waals surface area contributed by atoms with Gasteiger partial charge in [0.05, 0.1) is 28.8 Å². The van der Waals surface area contributed by atoms with Gasteiger partial charge in [0.1, 0.15) is 6.07 Å². The third-order valence-corrected chi connectivity index (χ3v) is 7.00. The average Bonchev–Trinajstić information content (AvgIpc) is 3.65. The van der Waals surface area contributed by atoms with Gasteiger partial charge in [-0.05, 0) is 61.1 Å². The van der Waals surface area contributed by atoms with E-state index < -0.39 is 17.7 Å². The number of alkyl halides is 3. The predicted octanol–water partition coefficient (Wildman–Crippen LogP) is 3.97. The largest absolute Gasteiger partial charge is 0.416 e. The van der Waals surface area contributed by atoms with Crippen molar-refractivity contribution in [2.75, 3.05) is 36.0 Å². The Balaban J connectivity index is 1.47. The van der Waals surface area contributed by atoms with Crippen LogP contribution in [0.2, 0.25) is 0 Å². The molecule has 1 N–H and O–H groups in total. The highest BCUT2D eigenvalue weighted by Crippen LogP contribution is 2.40. The summed E-state index contributed by atoms with van der Waals surface area (Å²) in [5.74, 6) is -0.0460. The van der Waals surface area contributed by atoms with Gasteiger partial charge < -0.3 is 15.1 Å². The maximum absolute atomic E-state index is 13.3. The van der Waals surface area contributed by atoms with Crippen molar-refractivity contribution in [1.82, 2.24) is 5.32 Å². The van der Waals surface area contributed by atoms with Crippen LogP contribution in [-0.4, -0.2) is 38.1 Å². The molecular formula is C25H25F3N4O. The Bertz CT molecular complexity index is 1110. The number of amides is 1. The van der Waals surface area contributed by atoms with E-state index in [1.165, 1.54) is 6.07 Å². The third kappa shape index (κ3) is 4.24. The van der Waals surface area contributed by atoms with E-state index in [0.717, 1.165) is 30.3 Å². The molecule has 0 aromatic heterocycles. The number of fused-ring (bicyclic) bond motifs is 3. The Morgan fingerprint density at radius 1 is 1.12 bits per heavy atom. The Labute approximate surface area is 190 Å². The second-order valence-electron chi connectivity index (χ2n) is 9.18. The van der Waals surface area contributed by atoms with Crippen molar-refractivity contribution in [3.63, 3.8) is 0 Å². The molecule has 0 bridgehead atoms. The highest BCUT2D eigenvalue weighted by atomic mass is 19.4. The fraction of sp³-hybridized carbons (Fsp3) is 0.440. The van der Waals surface area contributed by atoms with E-state index in [2.05, 4.69) is 21.2 Å². The number of anilines is 2. The smallest absolute Gasteiger partial charge is 0.367 e. The molecular weight excluding hydrogens is 429 g/mol. The maximum atomic E-state index is 13.3. The van der Waals surface area contributed by atoms with Gasteiger partial charge in [-0.3, -0.25) is 4.79 Å². The summed E-state index contributed by atoms with van der Waals surface area (Å²) >= 11 is 0. The number of benzene rings is 2. The molecule has 5 nitrogen and oxygen atoms in total.